The van der Waals surface area contributed by atoms with Gasteiger partial charge in [-0.05, 0) is 37.5 Å². The van der Waals surface area contributed by atoms with Crippen molar-refractivity contribution in [3.8, 4) is 0 Å². The van der Waals surface area contributed by atoms with E-state index in [9.17, 15) is 19.5 Å². The number of fused-ring (bicyclic) bond motifs is 2. The molecular weight excluding hydrogens is 522 g/mol. The topological polar surface area (TPSA) is 81.2 Å². The predicted octanol–water partition coefficient (Wildman–Crippen LogP) is 3.48. The van der Waals surface area contributed by atoms with Crippen LogP contribution in [0.15, 0.2) is 72.8 Å². The average molecular weight is 558 g/mol. The lowest BCUT2D eigenvalue weighted by Crippen LogP contribution is -2.56. The first-order valence-corrected chi connectivity index (χ1v) is 14.8. The summed E-state index contributed by atoms with van der Waals surface area (Å²) in [6.07, 6.45) is 8.10. The molecule has 4 aliphatic rings. The highest BCUT2D eigenvalue weighted by Gasteiger charge is 2.71. The van der Waals surface area contributed by atoms with Gasteiger partial charge in [-0.15, -0.1) is 11.8 Å². The van der Waals surface area contributed by atoms with Gasteiger partial charge in [0.15, 0.2) is 0 Å². The van der Waals surface area contributed by atoms with Crippen LogP contribution in [0.25, 0.3) is 0 Å². The molecule has 0 radical (unpaired) electrons. The van der Waals surface area contributed by atoms with Gasteiger partial charge in [0, 0.05) is 30.6 Å². The van der Waals surface area contributed by atoms with Crippen molar-refractivity contribution in [1.82, 2.24) is 9.80 Å². The third kappa shape index (κ3) is 4.03. The molecule has 208 valence electrons. The van der Waals surface area contributed by atoms with Crippen LogP contribution in [0, 0.1) is 25.7 Å². The van der Waals surface area contributed by atoms with Crippen LogP contribution in [0.3, 0.4) is 0 Å². The first kappa shape index (κ1) is 26.8. The Morgan fingerprint density at radius 1 is 0.950 bits per heavy atom. The molecule has 40 heavy (non-hydrogen) atoms. The van der Waals surface area contributed by atoms with E-state index < -0.39 is 28.7 Å². The molecule has 0 saturated carbocycles. The summed E-state index contributed by atoms with van der Waals surface area (Å²) in [6.45, 7) is 6.80. The van der Waals surface area contributed by atoms with E-state index in [4.69, 9.17) is 0 Å². The summed E-state index contributed by atoms with van der Waals surface area (Å²) in [5.41, 5.74) is 3.85. The highest BCUT2D eigenvalue weighted by atomic mass is 32.2. The molecule has 1 unspecified atom stereocenters. The first-order chi connectivity index (χ1) is 19.3. The Bertz CT molecular complexity index is 1390. The van der Waals surface area contributed by atoms with Crippen LogP contribution in [0.2, 0.25) is 0 Å². The fourth-order valence-corrected chi connectivity index (χ4v) is 9.06. The van der Waals surface area contributed by atoms with E-state index in [0.717, 1.165) is 22.4 Å². The molecule has 2 aromatic rings. The number of aliphatic hydroxyl groups is 1. The van der Waals surface area contributed by atoms with Crippen LogP contribution < -0.4 is 4.90 Å². The van der Waals surface area contributed by atoms with Crippen LogP contribution in [0.4, 0.5) is 5.69 Å². The van der Waals surface area contributed by atoms with Crippen LogP contribution in [-0.2, 0) is 20.9 Å². The van der Waals surface area contributed by atoms with Gasteiger partial charge in [-0.3, -0.25) is 14.4 Å². The molecule has 0 bridgehead atoms. The number of carbonyl (C=O) groups excluding carboxylic acids is 3. The van der Waals surface area contributed by atoms with Crippen molar-refractivity contribution < 1.29 is 19.5 Å². The molecule has 4 aliphatic heterocycles. The Morgan fingerprint density at radius 2 is 1.68 bits per heavy atom. The second-order valence-electron chi connectivity index (χ2n) is 11.3. The summed E-state index contributed by atoms with van der Waals surface area (Å²) in [5.74, 6) is -1.75. The monoisotopic (exact) mass is 557 g/mol. The number of benzene rings is 2. The number of rotatable bonds is 5. The molecule has 8 heteroatoms. The van der Waals surface area contributed by atoms with Crippen LogP contribution in [-0.4, -0.2) is 74.4 Å². The van der Waals surface area contributed by atoms with Gasteiger partial charge < -0.3 is 19.8 Å². The van der Waals surface area contributed by atoms with Crippen molar-refractivity contribution in [3.05, 3.63) is 89.5 Å². The number of amides is 3. The summed E-state index contributed by atoms with van der Waals surface area (Å²) in [5, 5.41) is 9.98. The number of nitrogens with zero attached hydrogens (tertiary/aromatic N) is 3. The SMILES string of the molecule is Cc1cccc(C)c1N1CC=C[C@]23S[C@@H]4C=CCN(Cc5ccccc5)C(=O)[C@@H]4[C@H]2C(=O)N([C@H](C)CO)C3C1=O. The van der Waals surface area contributed by atoms with Crippen molar-refractivity contribution >= 4 is 35.2 Å². The Hall–Kier alpha value is -3.36. The number of carbonyl (C=O) groups is 3. The zero-order valence-corrected chi connectivity index (χ0v) is 23.9. The number of para-hydroxylation sites is 1. The van der Waals surface area contributed by atoms with Crippen molar-refractivity contribution in [3.63, 3.8) is 0 Å². The molecule has 0 aliphatic carbocycles. The lowest BCUT2D eigenvalue weighted by Gasteiger charge is -2.38. The number of thioether (sulfide) groups is 1. The summed E-state index contributed by atoms with van der Waals surface area (Å²) >= 11 is 1.57. The molecule has 2 aromatic carbocycles. The van der Waals surface area contributed by atoms with Gasteiger partial charge in [0.25, 0.3) is 5.91 Å². The second-order valence-corrected chi connectivity index (χ2v) is 12.8. The lowest BCUT2D eigenvalue weighted by molar-refractivity contribution is -0.144. The minimum absolute atomic E-state index is 0.0597. The molecule has 2 fully saturated rings. The Kier molecular flexibility index (Phi) is 6.87. The molecule has 2 saturated heterocycles. The molecule has 6 atom stereocenters. The van der Waals surface area contributed by atoms with Crippen molar-refractivity contribution in [2.45, 2.75) is 49.4 Å². The Labute approximate surface area is 239 Å². The summed E-state index contributed by atoms with van der Waals surface area (Å²) < 4.78 is -0.909. The van der Waals surface area contributed by atoms with Gasteiger partial charge in [-0.1, -0.05) is 72.8 Å². The van der Waals surface area contributed by atoms with Gasteiger partial charge in [-0.2, -0.15) is 0 Å². The van der Waals surface area contributed by atoms with Gasteiger partial charge in [0.05, 0.1) is 29.2 Å². The van der Waals surface area contributed by atoms with E-state index in [1.807, 2.05) is 85.5 Å². The van der Waals surface area contributed by atoms with Crippen molar-refractivity contribution in [2.24, 2.45) is 11.8 Å². The number of aryl methyl sites for hydroxylation is 2. The fourth-order valence-electron chi connectivity index (χ4n) is 7.07. The smallest absolute Gasteiger partial charge is 0.251 e. The quantitative estimate of drug-likeness (QED) is 0.570. The Morgan fingerprint density at radius 3 is 2.38 bits per heavy atom. The Balaban J connectivity index is 1.43. The van der Waals surface area contributed by atoms with Gasteiger partial charge in [0.1, 0.15) is 6.04 Å². The highest BCUT2D eigenvalue weighted by Crippen LogP contribution is 2.61. The van der Waals surface area contributed by atoms with Crippen molar-refractivity contribution in [2.75, 3.05) is 24.6 Å². The van der Waals surface area contributed by atoms with E-state index in [1.165, 1.54) is 0 Å². The first-order valence-electron chi connectivity index (χ1n) is 13.9. The molecule has 4 heterocycles. The zero-order chi connectivity index (χ0) is 28.2. The maximum absolute atomic E-state index is 14.6. The van der Waals surface area contributed by atoms with Gasteiger partial charge in [-0.25, -0.2) is 0 Å². The molecular formula is C32H35N3O4S. The van der Waals surface area contributed by atoms with E-state index in [0.29, 0.717) is 19.6 Å². The van der Waals surface area contributed by atoms with Gasteiger partial charge >= 0.3 is 0 Å². The number of likely N-dealkylation sites (tertiary alicyclic amines) is 1. The van der Waals surface area contributed by atoms with Gasteiger partial charge in [0.2, 0.25) is 11.8 Å². The zero-order valence-electron chi connectivity index (χ0n) is 23.1. The number of aliphatic hydroxyl groups excluding tert-OH is 1. The third-order valence-corrected chi connectivity index (χ3v) is 10.6. The normalized spacial score (nSPS) is 30.2. The summed E-state index contributed by atoms with van der Waals surface area (Å²) in [6, 6.07) is 14.4. The van der Waals surface area contributed by atoms with Crippen LogP contribution in [0.1, 0.15) is 23.6 Å². The minimum Gasteiger partial charge on any atom is -0.394 e. The highest BCUT2D eigenvalue weighted by molar-refractivity contribution is 8.02. The molecule has 7 nitrogen and oxygen atoms in total. The molecule has 3 amide bonds. The number of hydrogen-bond donors (Lipinski definition) is 1. The lowest BCUT2D eigenvalue weighted by atomic mass is 9.78. The number of hydrogen-bond acceptors (Lipinski definition) is 5. The van der Waals surface area contributed by atoms with E-state index in [1.54, 1.807) is 28.5 Å². The standard InChI is InChI=1S/C32H35N3O4S/c1-20-10-7-11-21(2)27(20)34-17-9-15-32-26(30(38)35(22(3)19-36)28(32)31(34)39)25-24(40-32)14-8-16-33(29(25)37)18-23-12-5-4-6-13-23/h4-15,22,24-26,28,36H,16-19H2,1-3H3/t22-,24-,25+,26+,28?,32+/m1/s1. The second kappa shape index (κ2) is 10.2. The minimum atomic E-state index is -0.909. The molecule has 1 spiro atoms. The van der Waals surface area contributed by atoms with E-state index in [2.05, 4.69) is 6.08 Å². The average Bonchev–Trinajstić information content (AvgIpc) is 3.28. The van der Waals surface area contributed by atoms with E-state index >= 15 is 0 Å². The van der Waals surface area contributed by atoms with Crippen LogP contribution in [0.5, 0.6) is 0 Å². The van der Waals surface area contributed by atoms with Crippen molar-refractivity contribution in [1.29, 1.82) is 0 Å². The molecule has 1 N–H and O–H groups in total. The predicted molar refractivity (Wildman–Crippen MR) is 157 cm³/mol. The van der Waals surface area contributed by atoms with E-state index in [-0.39, 0.29) is 29.6 Å². The molecule has 6 rings (SSSR count). The summed E-state index contributed by atoms with van der Waals surface area (Å²) in [4.78, 5) is 48.3. The van der Waals surface area contributed by atoms with Crippen LogP contribution >= 0.6 is 11.8 Å². The summed E-state index contributed by atoms with van der Waals surface area (Å²) in [7, 11) is 0. The third-order valence-electron chi connectivity index (χ3n) is 8.84. The maximum atomic E-state index is 14.6. The fraction of sp³-hybridized carbons (Fsp3) is 0.406. The molecule has 0 aromatic heterocycles. The number of anilines is 1. The largest absolute Gasteiger partial charge is 0.394 e. The maximum Gasteiger partial charge on any atom is 0.251 e.